The number of hydrogen-bond donors (Lipinski definition) is 0. The highest BCUT2D eigenvalue weighted by molar-refractivity contribution is 5.91. The van der Waals surface area contributed by atoms with Gasteiger partial charge in [-0.1, -0.05) is 55.0 Å². The number of rotatable bonds is 4. The molecule has 0 saturated carbocycles. The van der Waals surface area contributed by atoms with Crippen LogP contribution in [0.25, 0.3) is 11.1 Å². The highest BCUT2D eigenvalue weighted by Crippen LogP contribution is 2.22. The molecule has 0 aliphatic rings. The van der Waals surface area contributed by atoms with Crippen molar-refractivity contribution in [1.29, 1.82) is 0 Å². The molecule has 0 N–H and O–H groups in total. The minimum Gasteiger partial charge on any atom is -0.423 e. The number of hydrogen-bond acceptors (Lipinski definition) is 2. The van der Waals surface area contributed by atoms with Gasteiger partial charge in [-0.2, -0.15) is 0 Å². The first-order valence-electron chi connectivity index (χ1n) is 8.24. The van der Waals surface area contributed by atoms with E-state index < -0.39 is 5.97 Å². The summed E-state index contributed by atoms with van der Waals surface area (Å²) in [6, 6.07) is 19.9. The number of ether oxygens (including phenoxy) is 1. The normalized spacial score (nSPS) is 10.5. The van der Waals surface area contributed by atoms with Gasteiger partial charge < -0.3 is 4.74 Å². The topological polar surface area (TPSA) is 26.3 Å². The third-order valence-corrected chi connectivity index (χ3v) is 4.12. The first-order chi connectivity index (χ1) is 12.1. The predicted molar refractivity (Wildman–Crippen MR) is 97.4 cm³/mol. The lowest BCUT2D eigenvalue weighted by atomic mass is 10.0. The van der Waals surface area contributed by atoms with E-state index in [2.05, 4.69) is 0 Å². The maximum atomic E-state index is 13.8. The molecule has 0 bridgehead atoms. The molecule has 0 aliphatic heterocycles. The molecule has 0 fully saturated rings. The lowest BCUT2D eigenvalue weighted by Gasteiger charge is -2.07. The van der Waals surface area contributed by atoms with E-state index in [9.17, 15) is 9.18 Å². The quantitative estimate of drug-likeness (QED) is 0.460. The van der Waals surface area contributed by atoms with Gasteiger partial charge >= 0.3 is 5.97 Å². The fourth-order valence-corrected chi connectivity index (χ4v) is 2.59. The Morgan fingerprint density at radius 3 is 2.08 bits per heavy atom. The lowest BCUT2D eigenvalue weighted by molar-refractivity contribution is 0.0734. The number of benzene rings is 3. The van der Waals surface area contributed by atoms with Gasteiger partial charge in [0.2, 0.25) is 0 Å². The fraction of sp³-hybridized carbons (Fsp3) is 0.136. The zero-order valence-electron chi connectivity index (χ0n) is 14.3. The summed E-state index contributed by atoms with van der Waals surface area (Å²) in [4.78, 5) is 12.2. The van der Waals surface area contributed by atoms with Gasteiger partial charge in [0.05, 0.1) is 5.56 Å². The summed E-state index contributed by atoms with van der Waals surface area (Å²) in [5.41, 5.74) is 4.33. The molecule has 25 heavy (non-hydrogen) atoms. The van der Waals surface area contributed by atoms with Crippen LogP contribution in [0.3, 0.4) is 0 Å². The first kappa shape index (κ1) is 16.9. The molecule has 2 nitrogen and oxygen atoms in total. The van der Waals surface area contributed by atoms with Gasteiger partial charge in [-0.15, -0.1) is 0 Å². The van der Waals surface area contributed by atoms with Crippen LogP contribution in [0.4, 0.5) is 4.39 Å². The van der Waals surface area contributed by atoms with Crippen LogP contribution in [0.1, 0.15) is 28.4 Å². The van der Waals surface area contributed by atoms with Gasteiger partial charge in [-0.05, 0) is 48.2 Å². The Labute approximate surface area is 146 Å². The van der Waals surface area contributed by atoms with Crippen LogP contribution in [0.5, 0.6) is 5.75 Å². The van der Waals surface area contributed by atoms with E-state index in [0.29, 0.717) is 17.5 Å². The molecule has 0 saturated heterocycles. The van der Waals surface area contributed by atoms with Gasteiger partial charge in [0.15, 0.2) is 0 Å². The molecule has 3 rings (SSSR count). The molecule has 3 aromatic rings. The Morgan fingerprint density at radius 2 is 1.52 bits per heavy atom. The van der Waals surface area contributed by atoms with E-state index in [1.807, 2.05) is 50.2 Å². The summed E-state index contributed by atoms with van der Waals surface area (Å²) in [6.45, 7) is 3.92. The van der Waals surface area contributed by atoms with E-state index >= 15 is 0 Å². The molecule has 3 heteroatoms. The van der Waals surface area contributed by atoms with Crippen LogP contribution in [0.15, 0.2) is 66.7 Å². The van der Waals surface area contributed by atoms with E-state index in [1.54, 1.807) is 24.3 Å². The average molecular weight is 334 g/mol. The zero-order chi connectivity index (χ0) is 17.8. The van der Waals surface area contributed by atoms with Crippen molar-refractivity contribution in [1.82, 2.24) is 0 Å². The van der Waals surface area contributed by atoms with Crippen molar-refractivity contribution in [3.05, 3.63) is 89.2 Å². The van der Waals surface area contributed by atoms with Crippen LogP contribution in [-0.2, 0) is 6.42 Å². The van der Waals surface area contributed by atoms with Crippen LogP contribution in [0, 0.1) is 12.7 Å². The Bertz CT molecular complexity index is 881. The van der Waals surface area contributed by atoms with Crippen LogP contribution in [0.2, 0.25) is 0 Å². The maximum Gasteiger partial charge on any atom is 0.343 e. The number of carbonyl (C=O) groups excluding carboxylic acids is 1. The van der Waals surface area contributed by atoms with Crippen molar-refractivity contribution in [3.8, 4) is 16.9 Å². The summed E-state index contributed by atoms with van der Waals surface area (Å²) < 4.78 is 19.0. The summed E-state index contributed by atoms with van der Waals surface area (Å²) in [7, 11) is 0. The number of esters is 1. The minimum atomic E-state index is -0.501. The molecule has 3 aromatic carbocycles. The van der Waals surface area contributed by atoms with Crippen LogP contribution in [-0.4, -0.2) is 5.97 Å². The maximum absolute atomic E-state index is 13.8. The molecule has 0 radical (unpaired) electrons. The van der Waals surface area contributed by atoms with Gasteiger partial charge in [0, 0.05) is 6.07 Å². The van der Waals surface area contributed by atoms with Gasteiger partial charge in [-0.25, -0.2) is 9.18 Å². The number of halogens is 1. The van der Waals surface area contributed by atoms with Crippen molar-refractivity contribution in [2.45, 2.75) is 20.3 Å². The molecular formula is C22H19FO2. The zero-order valence-corrected chi connectivity index (χ0v) is 14.3. The largest absolute Gasteiger partial charge is 0.423 e. The molecule has 0 spiro atoms. The molecule has 0 atom stereocenters. The van der Waals surface area contributed by atoms with Crippen molar-refractivity contribution in [2.24, 2.45) is 0 Å². The molecule has 0 heterocycles. The Balaban J connectivity index is 1.74. The van der Waals surface area contributed by atoms with E-state index in [1.165, 1.54) is 11.6 Å². The van der Waals surface area contributed by atoms with Crippen molar-refractivity contribution in [3.63, 3.8) is 0 Å². The minimum absolute atomic E-state index is 0.210. The molecular weight excluding hydrogens is 315 g/mol. The smallest absolute Gasteiger partial charge is 0.343 e. The fourth-order valence-electron chi connectivity index (χ4n) is 2.59. The Kier molecular flexibility index (Phi) is 4.94. The second-order valence-electron chi connectivity index (χ2n) is 5.94. The summed E-state index contributed by atoms with van der Waals surface area (Å²) in [5.74, 6) is -0.649. The van der Waals surface area contributed by atoms with Crippen molar-refractivity contribution >= 4 is 5.97 Å². The average Bonchev–Trinajstić information content (AvgIpc) is 2.63. The van der Waals surface area contributed by atoms with Crippen molar-refractivity contribution < 1.29 is 13.9 Å². The predicted octanol–water partition coefficient (Wildman–Crippen LogP) is 5.58. The second kappa shape index (κ2) is 7.31. The van der Waals surface area contributed by atoms with Crippen LogP contribution < -0.4 is 4.74 Å². The van der Waals surface area contributed by atoms with Crippen LogP contribution >= 0.6 is 0 Å². The van der Waals surface area contributed by atoms with E-state index in [-0.39, 0.29) is 11.6 Å². The van der Waals surface area contributed by atoms with E-state index in [0.717, 1.165) is 11.1 Å². The van der Waals surface area contributed by atoms with E-state index in [4.69, 9.17) is 4.74 Å². The SMILES string of the molecule is CCc1ccc(OC(=O)c2ccc(-c3ccc(C)cc3)cc2)cc1F. The molecule has 0 aromatic heterocycles. The second-order valence-corrected chi connectivity index (χ2v) is 5.94. The summed E-state index contributed by atoms with van der Waals surface area (Å²) >= 11 is 0. The van der Waals surface area contributed by atoms with Gasteiger partial charge in [0.25, 0.3) is 0 Å². The standard InChI is InChI=1S/C22H19FO2/c1-3-16-12-13-20(14-21(16)23)25-22(24)19-10-8-18(9-11-19)17-6-4-15(2)5-7-17/h4-14H,3H2,1-2H3. The molecule has 0 aliphatic carbocycles. The lowest BCUT2D eigenvalue weighted by Crippen LogP contribution is -2.08. The number of carbonyl (C=O) groups is 1. The number of aryl methyl sites for hydroxylation is 2. The third kappa shape index (κ3) is 3.94. The monoisotopic (exact) mass is 334 g/mol. The highest BCUT2D eigenvalue weighted by Gasteiger charge is 2.10. The Hall–Kier alpha value is -2.94. The highest BCUT2D eigenvalue weighted by atomic mass is 19.1. The molecule has 0 amide bonds. The van der Waals surface area contributed by atoms with Gasteiger partial charge in [-0.3, -0.25) is 0 Å². The third-order valence-electron chi connectivity index (χ3n) is 4.12. The molecule has 0 unspecified atom stereocenters. The summed E-state index contributed by atoms with van der Waals surface area (Å²) in [6.07, 6.45) is 0.598. The Morgan fingerprint density at radius 1 is 0.920 bits per heavy atom. The molecule has 126 valence electrons. The first-order valence-corrected chi connectivity index (χ1v) is 8.24. The van der Waals surface area contributed by atoms with Crippen molar-refractivity contribution in [2.75, 3.05) is 0 Å². The summed E-state index contributed by atoms with van der Waals surface area (Å²) in [5, 5.41) is 0. The van der Waals surface area contributed by atoms with Gasteiger partial charge in [0.1, 0.15) is 11.6 Å².